The van der Waals surface area contributed by atoms with Gasteiger partial charge in [-0.1, -0.05) is 77.4 Å². The Morgan fingerprint density at radius 1 is 1.00 bits per heavy atom. The van der Waals surface area contributed by atoms with Crippen LogP contribution in [0.3, 0.4) is 0 Å². The van der Waals surface area contributed by atoms with Gasteiger partial charge in [-0.15, -0.1) is 11.3 Å². The largest absolute Gasteiger partial charge is 0.293 e. The number of rotatable bonds is 7. The quantitative estimate of drug-likeness (QED) is 0.254. The van der Waals surface area contributed by atoms with Gasteiger partial charge in [0.2, 0.25) is 0 Å². The molecule has 0 unspecified atom stereocenters. The van der Waals surface area contributed by atoms with E-state index in [0.717, 1.165) is 33.8 Å². The molecule has 1 aliphatic heterocycles. The van der Waals surface area contributed by atoms with Crippen LogP contribution in [0.4, 0.5) is 4.79 Å². The summed E-state index contributed by atoms with van der Waals surface area (Å²) in [6.07, 6.45) is 2.59. The molecular weight excluding hydrogens is 491 g/mol. The van der Waals surface area contributed by atoms with Gasteiger partial charge in [-0.3, -0.25) is 14.5 Å². The summed E-state index contributed by atoms with van der Waals surface area (Å²) >= 11 is 16.2. The smallest absolute Gasteiger partial charge is 0.268 e. The second-order valence-corrected chi connectivity index (χ2v) is 10.8. The van der Waals surface area contributed by atoms with Gasteiger partial charge in [-0.2, -0.15) is 0 Å². The molecule has 2 heterocycles. The van der Waals surface area contributed by atoms with Gasteiger partial charge in [0.15, 0.2) is 4.34 Å². The highest BCUT2D eigenvalue weighted by atomic mass is 35.5. The Morgan fingerprint density at radius 2 is 1.74 bits per heavy atom. The van der Waals surface area contributed by atoms with E-state index < -0.39 is 0 Å². The summed E-state index contributed by atoms with van der Waals surface area (Å²) in [5.41, 5.74) is 2.10. The third kappa shape index (κ3) is 5.73. The van der Waals surface area contributed by atoms with Crippen molar-refractivity contribution in [2.75, 3.05) is 5.75 Å². The fourth-order valence-corrected chi connectivity index (χ4v) is 6.30. The molecule has 0 spiro atoms. The maximum Gasteiger partial charge on any atom is 0.293 e. The molecule has 0 bridgehead atoms. The maximum absolute atomic E-state index is 12.8. The lowest BCUT2D eigenvalue weighted by Crippen LogP contribution is -2.27. The summed E-state index contributed by atoms with van der Waals surface area (Å²) in [5.74, 6) is 0.554. The van der Waals surface area contributed by atoms with Crippen LogP contribution >= 0.6 is 58.1 Å². The highest BCUT2D eigenvalue weighted by Gasteiger charge is 2.35. The van der Waals surface area contributed by atoms with E-state index in [1.807, 2.05) is 18.2 Å². The second-order valence-electron chi connectivity index (χ2n) is 6.61. The number of thioether (sulfide) groups is 2. The molecule has 31 heavy (non-hydrogen) atoms. The highest BCUT2D eigenvalue weighted by Crippen LogP contribution is 2.37. The Bertz CT molecular complexity index is 1130. The molecule has 3 aromatic rings. The lowest BCUT2D eigenvalue weighted by Gasteiger charge is -2.12. The molecule has 1 aliphatic rings. The van der Waals surface area contributed by atoms with Crippen LogP contribution in [0.5, 0.6) is 0 Å². The molecule has 158 valence electrons. The Balaban J connectivity index is 1.41. The Kier molecular flexibility index (Phi) is 7.40. The predicted molar refractivity (Wildman–Crippen MR) is 131 cm³/mol. The molecule has 2 aromatic carbocycles. The lowest BCUT2D eigenvalue weighted by atomic mass is 10.2. The summed E-state index contributed by atoms with van der Waals surface area (Å²) in [4.78, 5) is 31.8. The van der Waals surface area contributed by atoms with Crippen LogP contribution in [-0.2, 0) is 17.8 Å². The van der Waals surface area contributed by atoms with E-state index in [1.54, 1.807) is 42.1 Å². The van der Waals surface area contributed by atoms with Crippen molar-refractivity contribution < 1.29 is 9.59 Å². The van der Waals surface area contributed by atoms with Crippen LogP contribution in [0.1, 0.15) is 16.0 Å². The topological polar surface area (TPSA) is 50.3 Å². The minimum absolute atomic E-state index is 0.205. The first kappa shape index (κ1) is 22.4. The van der Waals surface area contributed by atoms with Gasteiger partial charge in [-0.05, 0) is 47.5 Å². The minimum atomic E-state index is -0.326. The molecule has 1 saturated heterocycles. The number of carbonyl (C=O) groups excluding carboxylic acids is 2. The van der Waals surface area contributed by atoms with Crippen LogP contribution < -0.4 is 0 Å². The number of hydrogen-bond donors (Lipinski definition) is 0. The third-order valence-electron chi connectivity index (χ3n) is 4.44. The van der Waals surface area contributed by atoms with Crippen molar-refractivity contribution in [1.82, 2.24) is 9.88 Å². The zero-order valence-electron chi connectivity index (χ0n) is 16.1. The monoisotopic (exact) mass is 506 g/mol. The van der Waals surface area contributed by atoms with E-state index in [2.05, 4.69) is 17.1 Å². The maximum atomic E-state index is 12.8. The van der Waals surface area contributed by atoms with Crippen LogP contribution in [0.2, 0.25) is 10.2 Å². The van der Waals surface area contributed by atoms with Crippen molar-refractivity contribution in [3.05, 3.63) is 85.7 Å². The first-order valence-electron chi connectivity index (χ1n) is 9.32. The Labute approximate surface area is 202 Å². The minimum Gasteiger partial charge on any atom is -0.268 e. The van der Waals surface area contributed by atoms with Crippen molar-refractivity contribution in [1.29, 1.82) is 0 Å². The average molecular weight is 507 g/mol. The predicted octanol–water partition coefficient (Wildman–Crippen LogP) is 7.02. The van der Waals surface area contributed by atoms with E-state index in [0.29, 0.717) is 20.0 Å². The van der Waals surface area contributed by atoms with Crippen molar-refractivity contribution in [3.63, 3.8) is 0 Å². The first-order chi connectivity index (χ1) is 15.0. The lowest BCUT2D eigenvalue weighted by molar-refractivity contribution is -0.123. The van der Waals surface area contributed by atoms with Crippen molar-refractivity contribution >= 4 is 75.3 Å². The molecule has 1 aromatic heterocycles. The van der Waals surface area contributed by atoms with Crippen molar-refractivity contribution in [3.8, 4) is 0 Å². The number of aryl methyl sites for hydroxylation is 1. The Morgan fingerprint density at radius 3 is 2.48 bits per heavy atom. The van der Waals surface area contributed by atoms with Gasteiger partial charge < -0.3 is 0 Å². The average Bonchev–Trinajstić information content (AvgIpc) is 3.24. The molecule has 1 fully saturated rings. The van der Waals surface area contributed by atoms with Crippen LogP contribution in [-0.4, -0.2) is 26.8 Å². The van der Waals surface area contributed by atoms with Gasteiger partial charge in [0.05, 0.1) is 16.3 Å². The molecule has 4 nitrogen and oxygen atoms in total. The molecule has 0 radical (unpaired) electrons. The van der Waals surface area contributed by atoms with Gasteiger partial charge in [0.25, 0.3) is 11.1 Å². The van der Waals surface area contributed by atoms with Gasteiger partial charge in [-0.25, -0.2) is 4.98 Å². The van der Waals surface area contributed by atoms with E-state index in [9.17, 15) is 9.59 Å². The number of thiazole rings is 1. The number of hydrogen-bond acceptors (Lipinski definition) is 6. The van der Waals surface area contributed by atoms with E-state index in [-0.39, 0.29) is 17.7 Å². The molecule has 0 saturated carbocycles. The highest BCUT2D eigenvalue weighted by molar-refractivity contribution is 8.18. The number of amides is 2. The molecule has 4 rings (SSSR count). The SMILES string of the molecule is O=C1S/C(=C\c2sc(SCCc3ccccc3)nc2Cl)C(=O)N1Cc1ccc(Cl)cc1. The van der Waals surface area contributed by atoms with Gasteiger partial charge in [0, 0.05) is 10.8 Å². The standard InChI is InChI=1S/C22H16Cl2N2O2S3/c23-16-8-6-15(7-9-16)13-26-20(27)18(31-22(26)28)12-17-19(24)25-21(30-17)29-11-10-14-4-2-1-3-5-14/h1-9,12H,10-11,13H2/b18-12-. The number of nitrogens with zero attached hydrogens (tertiary/aromatic N) is 2. The number of imide groups is 1. The summed E-state index contributed by atoms with van der Waals surface area (Å²) in [6, 6.07) is 17.3. The summed E-state index contributed by atoms with van der Waals surface area (Å²) in [6.45, 7) is 0.205. The molecule has 9 heteroatoms. The molecule has 0 aliphatic carbocycles. The van der Waals surface area contributed by atoms with Crippen LogP contribution in [0, 0.1) is 0 Å². The van der Waals surface area contributed by atoms with Crippen molar-refractivity contribution in [2.24, 2.45) is 0 Å². The Hall–Kier alpha value is -1.77. The zero-order valence-corrected chi connectivity index (χ0v) is 20.0. The van der Waals surface area contributed by atoms with Crippen LogP contribution in [0.25, 0.3) is 6.08 Å². The number of aromatic nitrogens is 1. The van der Waals surface area contributed by atoms with Gasteiger partial charge in [0.1, 0.15) is 5.15 Å². The van der Waals surface area contributed by atoms with Crippen LogP contribution in [0.15, 0.2) is 63.8 Å². The van der Waals surface area contributed by atoms with E-state index in [4.69, 9.17) is 23.2 Å². The number of halogens is 2. The van der Waals surface area contributed by atoms with E-state index in [1.165, 1.54) is 21.8 Å². The first-order valence-corrected chi connectivity index (χ1v) is 12.7. The number of carbonyl (C=O) groups is 2. The summed E-state index contributed by atoms with van der Waals surface area (Å²) < 4.78 is 0.840. The molecule has 0 atom stereocenters. The zero-order chi connectivity index (χ0) is 21.8. The normalized spacial score (nSPS) is 15.3. The summed E-state index contributed by atoms with van der Waals surface area (Å²) in [5, 5.41) is 0.649. The molecule has 2 amide bonds. The molecular formula is C22H16Cl2N2O2S3. The second kappa shape index (κ2) is 10.2. The van der Waals surface area contributed by atoms with E-state index >= 15 is 0 Å². The van der Waals surface area contributed by atoms with Crippen molar-refractivity contribution in [2.45, 2.75) is 17.3 Å². The fraction of sp³-hybridized carbons (Fsp3) is 0.136. The molecule has 0 N–H and O–H groups in total. The van der Waals surface area contributed by atoms with Gasteiger partial charge >= 0.3 is 0 Å². The summed E-state index contributed by atoms with van der Waals surface area (Å²) in [7, 11) is 0. The fourth-order valence-electron chi connectivity index (χ4n) is 2.87. The number of benzene rings is 2. The third-order valence-corrected chi connectivity index (χ3v) is 8.15.